The van der Waals surface area contributed by atoms with E-state index in [1.54, 1.807) is 0 Å². The average molecular weight is 768 g/mol. The Morgan fingerprint density at radius 1 is 0.350 bits per heavy atom. The quantitative estimate of drug-likeness (QED) is 0.149. The molecule has 9 aromatic carbocycles. The van der Waals surface area contributed by atoms with Gasteiger partial charge in [0, 0.05) is 28.4 Å². The highest BCUT2D eigenvalue weighted by atomic mass is 15.1. The molecule has 0 spiro atoms. The van der Waals surface area contributed by atoms with Gasteiger partial charge in [-0.1, -0.05) is 190 Å². The third-order valence-electron chi connectivity index (χ3n) is 13.1. The van der Waals surface area contributed by atoms with Crippen LogP contribution in [0.2, 0.25) is 0 Å². The van der Waals surface area contributed by atoms with Gasteiger partial charge in [0.15, 0.2) is 0 Å². The zero-order valence-electron chi connectivity index (χ0n) is 34.0. The Morgan fingerprint density at radius 3 is 1.32 bits per heavy atom. The van der Waals surface area contributed by atoms with Gasteiger partial charge in [0.25, 0.3) is 0 Å². The summed E-state index contributed by atoms with van der Waals surface area (Å²) in [4.78, 5) is 2.35. The average Bonchev–Trinajstić information content (AvgIpc) is 3.74. The van der Waals surface area contributed by atoms with E-state index in [4.69, 9.17) is 0 Å². The summed E-state index contributed by atoms with van der Waals surface area (Å²) >= 11 is 0. The van der Waals surface area contributed by atoms with E-state index < -0.39 is 0 Å². The van der Waals surface area contributed by atoms with Crippen LogP contribution >= 0.6 is 0 Å². The Morgan fingerprint density at radius 2 is 0.783 bits per heavy atom. The summed E-state index contributed by atoms with van der Waals surface area (Å²) in [6.07, 6.45) is 0.969. The van der Waals surface area contributed by atoms with Crippen molar-refractivity contribution in [3.63, 3.8) is 0 Å². The van der Waals surface area contributed by atoms with Crippen molar-refractivity contribution in [2.45, 2.75) is 31.6 Å². The molecule has 1 unspecified atom stereocenters. The van der Waals surface area contributed by atoms with Gasteiger partial charge in [-0.25, -0.2) is 0 Å². The minimum atomic E-state index is -0.0193. The van der Waals surface area contributed by atoms with Gasteiger partial charge in [-0.2, -0.15) is 0 Å². The predicted octanol–water partition coefficient (Wildman–Crippen LogP) is 15.8. The van der Waals surface area contributed by atoms with E-state index >= 15 is 0 Å². The van der Waals surface area contributed by atoms with E-state index in [1.165, 1.54) is 83.5 Å². The van der Waals surface area contributed by atoms with Crippen molar-refractivity contribution in [2.24, 2.45) is 0 Å². The van der Waals surface area contributed by atoms with Gasteiger partial charge in [-0.05, 0) is 132 Å². The maximum atomic E-state index is 2.55. The summed E-state index contributed by atoms with van der Waals surface area (Å²) in [6.45, 7) is 4.77. The molecule has 0 bridgehead atoms. The first-order valence-corrected chi connectivity index (χ1v) is 21.2. The minimum Gasteiger partial charge on any atom is -0.311 e. The summed E-state index contributed by atoms with van der Waals surface area (Å²) < 4.78 is 0. The molecule has 0 heterocycles. The summed E-state index contributed by atoms with van der Waals surface area (Å²) in [7, 11) is 0. The first kappa shape index (κ1) is 35.9. The molecule has 0 saturated heterocycles. The summed E-state index contributed by atoms with van der Waals surface area (Å²) in [5.41, 5.74) is 23.3. The molecule has 0 aliphatic heterocycles. The Bertz CT molecular complexity index is 2890. The van der Waals surface area contributed by atoms with Crippen molar-refractivity contribution in [3.8, 4) is 55.6 Å². The maximum absolute atomic E-state index is 2.55. The van der Waals surface area contributed by atoms with Crippen molar-refractivity contribution in [1.82, 2.24) is 0 Å². The van der Waals surface area contributed by atoms with E-state index in [0.29, 0.717) is 5.92 Å². The summed E-state index contributed by atoms with van der Waals surface area (Å²) in [5.74, 6) is 0.320. The van der Waals surface area contributed by atoms with Crippen molar-refractivity contribution >= 4 is 17.1 Å². The third-order valence-corrected chi connectivity index (χ3v) is 13.1. The van der Waals surface area contributed by atoms with Gasteiger partial charge >= 0.3 is 0 Å². The van der Waals surface area contributed by atoms with Crippen LogP contribution in [0.4, 0.5) is 17.1 Å². The van der Waals surface area contributed by atoms with Gasteiger partial charge in [0.05, 0.1) is 0 Å². The lowest BCUT2D eigenvalue weighted by Crippen LogP contribution is -2.15. The number of anilines is 3. The standard InChI is InChI=1S/C59H45N/c1-59(2)57-20-12-11-19-52(57)56-38-54-51-18-10-9-17-50(51)53(55(54)39-58(56)59)37-40-21-23-43(24-22-40)46-29-35-49(36-30-46)60(47-31-25-44(26-32-47)41-13-5-3-6-14-41)48-33-27-45(28-34-48)42-15-7-4-8-16-42/h3-36,38-39,53H,37H2,1-2H3. The number of fused-ring (bicyclic) bond motifs is 6. The van der Waals surface area contributed by atoms with Gasteiger partial charge in [-0.3, -0.25) is 0 Å². The van der Waals surface area contributed by atoms with E-state index in [2.05, 4.69) is 237 Å². The first-order valence-electron chi connectivity index (χ1n) is 21.2. The molecule has 60 heavy (non-hydrogen) atoms. The van der Waals surface area contributed by atoms with Crippen molar-refractivity contribution in [1.29, 1.82) is 0 Å². The van der Waals surface area contributed by atoms with Crippen LogP contribution in [0, 0.1) is 0 Å². The Labute approximate surface area is 353 Å². The number of nitrogens with zero attached hydrogens (tertiary/aromatic N) is 1. The highest BCUT2D eigenvalue weighted by Gasteiger charge is 2.39. The lowest BCUT2D eigenvalue weighted by atomic mass is 9.80. The van der Waals surface area contributed by atoms with Gasteiger partial charge in [0.1, 0.15) is 0 Å². The summed E-state index contributed by atoms with van der Waals surface area (Å²) in [5, 5.41) is 0. The molecule has 0 N–H and O–H groups in total. The SMILES string of the molecule is CC1(C)c2ccccc2-c2cc3c(cc21)C(Cc1ccc(-c2ccc(N(c4ccc(-c5ccccc5)cc4)c4ccc(-c5ccccc5)cc4)cc2)cc1)c1ccccc1-3. The molecular weight excluding hydrogens is 723 g/mol. The monoisotopic (exact) mass is 767 g/mol. The molecule has 1 atom stereocenters. The molecule has 2 aliphatic rings. The van der Waals surface area contributed by atoms with Crippen LogP contribution in [0.1, 0.15) is 47.6 Å². The predicted molar refractivity (Wildman–Crippen MR) is 252 cm³/mol. The molecule has 2 aliphatic carbocycles. The largest absolute Gasteiger partial charge is 0.311 e. The maximum Gasteiger partial charge on any atom is 0.0462 e. The zero-order chi connectivity index (χ0) is 40.2. The highest BCUT2D eigenvalue weighted by molar-refractivity contribution is 5.89. The number of benzene rings is 9. The number of hydrogen-bond donors (Lipinski definition) is 0. The van der Waals surface area contributed by atoms with Crippen LogP contribution in [-0.4, -0.2) is 0 Å². The second kappa shape index (κ2) is 14.6. The highest BCUT2D eigenvalue weighted by Crippen LogP contribution is 2.55. The van der Waals surface area contributed by atoms with Crippen molar-refractivity contribution < 1.29 is 0 Å². The Balaban J connectivity index is 0.882. The molecular formula is C59H45N. The summed E-state index contributed by atoms with van der Waals surface area (Å²) in [6, 6.07) is 80.4. The minimum absolute atomic E-state index is 0.0193. The fourth-order valence-electron chi connectivity index (χ4n) is 9.91. The Kier molecular flexibility index (Phi) is 8.71. The van der Waals surface area contributed by atoms with E-state index in [0.717, 1.165) is 23.5 Å². The molecule has 286 valence electrons. The molecule has 1 nitrogen and oxygen atoms in total. The van der Waals surface area contributed by atoms with Crippen LogP contribution in [0.25, 0.3) is 55.6 Å². The normalized spacial score (nSPS) is 14.2. The Hall–Kier alpha value is -7.22. The van der Waals surface area contributed by atoms with Crippen LogP contribution in [-0.2, 0) is 11.8 Å². The van der Waals surface area contributed by atoms with Crippen LogP contribution in [0.3, 0.4) is 0 Å². The van der Waals surface area contributed by atoms with Crippen LogP contribution in [0.5, 0.6) is 0 Å². The fraction of sp³-hybridized carbons (Fsp3) is 0.0847. The third kappa shape index (κ3) is 6.17. The lowest BCUT2D eigenvalue weighted by molar-refractivity contribution is 0.658. The molecule has 0 radical (unpaired) electrons. The van der Waals surface area contributed by atoms with E-state index in [-0.39, 0.29) is 5.41 Å². The van der Waals surface area contributed by atoms with Crippen LogP contribution in [0.15, 0.2) is 218 Å². The number of hydrogen-bond acceptors (Lipinski definition) is 1. The van der Waals surface area contributed by atoms with Gasteiger partial charge < -0.3 is 4.90 Å². The smallest absolute Gasteiger partial charge is 0.0462 e. The van der Waals surface area contributed by atoms with Gasteiger partial charge in [-0.15, -0.1) is 0 Å². The molecule has 11 rings (SSSR count). The second-order valence-electron chi connectivity index (χ2n) is 16.9. The van der Waals surface area contributed by atoms with Crippen LogP contribution < -0.4 is 4.90 Å². The lowest BCUT2D eigenvalue weighted by Gasteiger charge is -2.26. The molecule has 9 aromatic rings. The van der Waals surface area contributed by atoms with Crippen molar-refractivity contribution in [3.05, 3.63) is 246 Å². The zero-order valence-corrected chi connectivity index (χ0v) is 34.0. The second-order valence-corrected chi connectivity index (χ2v) is 16.9. The molecule has 1 heteroatoms. The molecule has 0 aromatic heterocycles. The van der Waals surface area contributed by atoms with E-state index in [9.17, 15) is 0 Å². The first-order chi connectivity index (χ1) is 29.5. The number of rotatable bonds is 8. The van der Waals surface area contributed by atoms with Crippen molar-refractivity contribution in [2.75, 3.05) is 4.90 Å². The van der Waals surface area contributed by atoms with E-state index in [1.807, 2.05) is 0 Å². The molecule has 0 saturated carbocycles. The fourth-order valence-corrected chi connectivity index (χ4v) is 9.91. The van der Waals surface area contributed by atoms with Gasteiger partial charge in [0.2, 0.25) is 0 Å². The molecule has 0 fully saturated rings. The molecule has 0 amide bonds. The topological polar surface area (TPSA) is 3.24 Å².